The van der Waals surface area contributed by atoms with Gasteiger partial charge in [-0.05, 0) is 49.6 Å². The molecule has 0 bridgehead atoms. The third-order valence-corrected chi connectivity index (χ3v) is 4.95. The van der Waals surface area contributed by atoms with Gasteiger partial charge >= 0.3 is 0 Å². The van der Waals surface area contributed by atoms with Gasteiger partial charge in [-0.15, -0.1) is 0 Å². The van der Waals surface area contributed by atoms with Crippen LogP contribution in [0.1, 0.15) is 41.4 Å². The van der Waals surface area contributed by atoms with E-state index in [9.17, 15) is 9.90 Å². The second-order valence-corrected chi connectivity index (χ2v) is 6.58. The molecule has 1 saturated heterocycles. The Morgan fingerprint density at radius 1 is 1.35 bits per heavy atom. The van der Waals surface area contributed by atoms with Gasteiger partial charge in [-0.3, -0.25) is 4.79 Å². The van der Waals surface area contributed by atoms with Crippen molar-refractivity contribution in [3.05, 3.63) is 59.4 Å². The SMILES string of the molecule is COc1ccc([C@](C)(O)[C@@H]2CCCN2C(=O)c2ccc(C#N)cn2)cc1. The van der Waals surface area contributed by atoms with Crippen LogP contribution in [0.4, 0.5) is 0 Å². The molecule has 2 heterocycles. The van der Waals surface area contributed by atoms with Crippen molar-refractivity contribution >= 4 is 5.91 Å². The lowest BCUT2D eigenvalue weighted by atomic mass is 9.86. The van der Waals surface area contributed by atoms with E-state index in [2.05, 4.69) is 4.98 Å². The highest BCUT2D eigenvalue weighted by molar-refractivity contribution is 5.92. The molecule has 1 aromatic carbocycles. The molecule has 1 aliphatic heterocycles. The smallest absolute Gasteiger partial charge is 0.272 e. The van der Waals surface area contributed by atoms with Crippen LogP contribution in [-0.2, 0) is 5.60 Å². The molecule has 1 amide bonds. The summed E-state index contributed by atoms with van der Waals surface area (Å²) in [5.41, 5.74) is 0.229. The largest absolute Gasteiger partial charge is 0.497 e. The van der Waals surface area contributed by atoms with Gasteiger partial charge in [-0.25, -0.2) is 4.98 Å². The number of carbonyl (C=O) groups is 1. The maximum absolute atomic E-state index is 12.9. The van der Waals surface area contributed by atoms with E-state index in [-0.39, 0.29) is 17.6 Å². The number of ether oxygens (including phenoxy) is 1. The van der Waals surface area contributed by atoms with Crippen molar-refractivity contribution in [2.45, 2.75) is 31.4 Å². The molecule has 134 valence electrons. The minimum Gasteiger partial charge on any atom is -0.497 e. The Morgan fingerprint density at radius 3 is 2.65 bits per heavy atom. The Balaban J connectivity index is 1.85. The zero-order chi connectivity index (χ0) is 18.7. The number of hydrogen-bond donors (Lipinski definition) is 1. The van der Waals surface area contributed by atoms with Gasteiger partial charge in [0.05, 0.1) is 18.7 Å². The van der Waals surface area contributed by atoms with Gasteiger partial charge in [-0.2, -0.15) is 5.26 Å². The highest BCUT2D eigenvalue weighted by Gasteiger charge is 2.43. The first kappa shape index (κ1) is 17.9. The molecule has 0 radical (unpaired) electrons. The van der Waals surface area contributed by atoms with E-state index in [4.69, 9.17) is 10.00 Å². The fourth-order valence-electron chi connectivity index (χ4n) is 3.45. The van der Waals surface area contributed by atoms with Crippen LogP contribution in [0.25, 0.3) is 0 Å². The number of likely N-dealkylation sites (tertiary alicyclic amines) is 1. The van der Waals surface area contributed by atoms with Crippen molar-refractivity contribution in [2.75, 3.05) is 13.7 Å². The predicted octanol–water partition coefficient (Wildman–Crippen LogP) is 2.47. The van der Waals surface area contributed by atoms with Crippen molar-refractivity contribution in [3.8, 4) is 11.8 Å². The Morgan fingerprint density at radius 2 is 2.08 bits per heavy atom. The molecule has 26 heavy (non-hydrogen) atoms. The van der Waals surface area contributed by atoms with Crippen LogP contribution < -0.4 is 4.74 Å². The lowest BCUT2D eigenvalue weighted by Gasteiger charge is -2.37. The van der Waals surface area contributed by atoms with Crippen LogP contribution in [0.2, 0.25) is 0 Å². The Bertz CT molecular complexity index is 823. The van der Waals surface area contributed by atoms with Crippen LogP contribution in [0.3, 0.4) is 0 Å². The van der Waals surface area contributed by atoms with E-state index >= 15 is 0 Å². The Labute approximate surface area is 152 Å². The Hall–Kier alpha value is -2.91. The topological polar surface area (TPSA) is 86.5 Å². The van der Waals surface area contributed by atoms with Gasteiger partial charge in [0, 0.05) is 12.7 Å². The van der Waals surface area contributed by atoms with Gasteiger partial charge in [-0.1, -0.05) is 12.1 Å². The second-order valence-electron chi connectivity index (χ2n) is 6.58. The van der Waals surface area contributed by atoms with Crippen LogP contribution in [0.5, 0.6) is 5.75 Å². The van der Waals surface area contributed by atoms with E-state index < -0.39 is 5.60 Å². The second kappa shape index (κ2) is 7.14. The molecule has 2 atom stereocenters. The number of hydrogen-bond acceptors (Lipinski definition) is 5. The summed E-state index contributed by atoms with van der Waals surface area (Å²) in [6.45, 7) is 2.30. The van der Waals surface area contributed by atoms with E-state index in [1.165, 1.54) is 6.20 Å². The van der Waals surface area contributed by atoms with Crippen LogP contribution in [-0.4, -0.2) is 40.6 Å². The first-order chi connectivity index (χ1) is 12.5. The monoisotopic (exact) mass is 351 g/mol. The molecule has 6 heteroatoms. The predicted molar refractivity (Wildman–Crippen MR) is 95.6 cm³/mol. The summed E-state index contributed by atoms with van der Waals surface area (Å²) in [5.74, 6) is 0.483. The fourth-order valence-corrected chi connectivity index (χ4v) is 3.45. The van der Waals surface area contributed by atoms with Gasteiger partial charge in [0.2, 0.25) is 0 Å². The molecular formula is C20H21N3O3. The first-order valence-electron chi connectivity index (χ1n) is 8.51. The number of rotatable bonds is 4. The number of aliphatic hydroxyl groups is 1. The van der Waals surface area contributed by atoms with E-state index in [1.54, 1.807) is 43.2 Å². The average Bonchev–Trinajstić information content (AvgIpc) is 3.18. The number of aromatic nitrogens is 1. The van der Waals surface area contributed by atoms with E-state index in [1.807, 2.05) is 18.2 Å². The van der Waals surface area contributed by atoms with E-state index in [0.717, 1.165) is 12.0 Å². The summed E-state index contributed by atoms with van der Waals surface area (Å²) in [6.07, 6.45) is 2.92. The molecule has 1 fully saturated rings. The summed E-state index contributed by atoms with van der Waals surface area (Å²) < 4.78 is 5.17. The number of pyridine rings is 1. The van der Waals surface area contributed by atoms with E-state index in [0.29, 0.717) is 24.3 Å². The number of amides is 1. The highest BCUT2D eigenvalue weighted by atomic mass is 16.5. The van der Waals surface area contributed by atoms with Crippen LogP contribution in [0, 0.1) is 11.3 Å². The van der Waals surface area contributed by atoms with Gasteiger partial charge in [0.15, 0.2) is 0 Å². The highest BCUT2D eigenvalue weighted by Crippen LogP contribution is 2.36. The normalized spacial score (nSPS) is 18.8. The fraction of sp³-hybridized carbons (Fsp3) is 0.350. The summed E-state index contributed by atoms with van der Waals surface area (Å²) >= 11 is 0. The lowest BCUT2D eigenvalue weighted by molar-refractivity contribution is -0.0179. The molecule has 0 unspecified atom stereocenters. The van der Waals surface area contributed by atoms with Crippen LogP contribution in [0.15, 0.2) is 42.6 Å². The molecule has 0 spiro atoms. The maximum atomic E-state index is 12.9. The van der Waals surface area contributed by atoms with Gasteiger partial charge in [0.1, 0.15) is 23.1 Å². The van der Waals surface area contributed by atoms with Crippen molar-refractivity contribution in [3.63, 3.8) is 0 Å². The Kier molecular flexibility index (Phi) is 4.92. The average molecular weight is 351 g/mol. The molecule has 0 aliphatic carbocycles. The standard InChI is InChI=1S/C20H21N3O3/c1-20(25,15-6-8-16(26-2)9-7-15)18-4-3-11-23(18)19(24)17-10-5-14(12-21)13-22-17/h5-10,13,18,25H,3-4,11H2,1-2H3/t18-,20-/m0/s1. The zero-order valence-corrected chi connectivity index (χ0v) is 14.8. The molecule has 6 nitrogen and oxygen atoms in total. The van der Waals surface area contributed by atoms with Gasteiger partial charge < -0.3 is 14.7 Å². The number of benzene rings is 1. The minimum absolute atomic E-state index is 0.231. The minimum atomic E-state index is -1.19. The summed E-state index contributed by atoms with van der Waals surface area (Å²) in [5, 5.41) is 20.1. The van der Waals surface area contributed by atoms with Crippen molar-refractivity contribution in [2.24, 2.45) is 0 Å². The number of nitrogens with zero attached hydrogens (tertiary/aromatic N) is 3. The molecule has 2 aromatic rings. The van der Waals surface area contributed by atoms with Crippen LogP contribution >= 0.6 is 0 Å². The van der Waals surface area contributed by atoms with Crippen molar-refractivity contribution in [1.82, 2.24) is 9.88 Å². The molecule has 1 N–H and O–H groups in total. The lowest BCUT2D eigenvalue weighted by Crippen LogP contribution is -2.48. The number of methoxy groups -OCH3 is 1. The summed E-state index contributed by atoms with van der Waals surface area (Å²) in [4.78, 5) is 18.7. The third kappa shape index (κ3) is 3.26. The quantitative estimate of drug-likeness (QED) is 0.914. The molecule has 1 aliphatic rings. The molecule has 0 saturated carbocycles. The third-order valence-electron chi connectivity index (χ3n) is 4.95. The van der Waals surface area contributed by atoms with Crippen molar-refractivity contribution < 1.29 is 14.6 Å². The number of nitriles is 1. The van der Waals surface area contributed by atoms with Gasteiger partial charge in [0.25, 0.3) is 5.91 Å². The number of carbonyl (C=O) groups excluding carboxylic acids is 1. The first-order valence-corrected chi connectivity index (χ1v) is 8.51. The maximum Gasteiger partial charge on any atom is 0.272 e. The zero-order valence-electron chi connectivity index (χ0n) is 14.8. The summed E-state index contributed by atoms with van der Waals surface area (Å²) in [7, 11) is 1.59. The molecule has 3 rings (SSSR count). The molecular weight excluding hydrogens is 330 g/mol. The summed E-state index contributed by atoms with van der Waals surface area (Å²) in [6, 6.07) is 12.0. The van der Waals surface area contributed by atoms with Crippen molar-refractivity contribution in [1.29, 1.82) is 5.26 Å². The molecule has 1 aromatic heterocycles.